The smallest absolute Gasteiger partial charge is 0.270 e. The molecule has 104 valence electrons. The van der Waals surface area contributed by atoms with Crippen molar-refractivity contribution in [2.24, 2.45) is 13.0 Å². The van der Waals surface area contributed by atoms with Gasteiger partial charge in [-0.1, -0.05) is 0 Å². The number of amides is 1. The van der Waals surface area contributed by atoms with E-state index in [-0.39, 0.29) is 5.91 Å². The quantitative estimate of drug-likeness (QED) is 0.894. The van der Waals surface area contributed by atoms with Gasteiger partial charge < -0.3 is 14.8 Å². The fourth-order valence-electron chi connectivity index (χ4n) is 2.97. The van der Waals surface area contributed by atoms with Crippen LogP contribution in [0.25, 0.3) is 0 Å². The van der Waals surface area contributed by atoms with Gasteiger partial charge in [-0.15, -0.1) is 0 Å². The second-order valence-corrected chi connectivity index (χ2v) is 5.91. The van der Waals surface area contributed by atoms with E-state index in [0.29, 0.717) is 12.0 Å². The van der Waals surface area contributed by atoms with E-state index in [0.717, 1.165) is 25.3 Å². The molecule has 19 heavy (non-hydrogen) atoms. The minimum Gasteiger partial charge on any atom is -0.347 e. The van der Waals surface area contributed by atoms with Gasteiger partial charge in [-0.2, -0.15) is 0 Å². The molecule has 1 aliphatic carbocycles. The van der Waals surface area contributed by atoms with Gasteiger partial charge in [-0.3, -0.25) is 4.79 Å². The third kappa shape index (κ3) is 2.84. The third-order valence-electron chi connectivity index (χ3n) is 4.27. The predicted molar refractivity (Wildman–Crippen MR) is 75.1 cm³/mol. The molecular formula is C15H23N3O. The van der Waals surface area contributed by atoms with Crippen LogP contribution in [-0.4, -0.2) is 41.1 Å². The van der Waals surface area contributed by atoms with Gasteiger partial charge in [0.2, 0.25) is 0 Å². The predicted octanol–water partition coefficient (Wildman–Crippen LogP) is 1.63. The van der Waals surface area contributed by atoms with Crippen molar-refractivity contribution in [3.63, 3.8) is 0 Å². The molecule has 1 atom stereocenters. The molecule has 2 fully saturated rings. The first-order valence-corrected chi connectivity index (χ1v) is 7.38. The molecule has 1 unspecified atom stereocenters. The van der Waals surface area contributed by atoms with Gasteiger partial charge in [-0.05, 0) is 56.8 Å². The zero-order valence-electron chi connectivity index (χ0n) is 11.6. The van der Waals surface area contributed by atoms with Crippen LogP contribution in [0.4, 0.5) is 0 Å². The molecule has 2 heterocycles. The minimum atomic E-state index is 0.209. The van der Waals surface area contributed by atoms with E-state index in [1.807, 2.05) is 29.9 Å². The van der Waals surface area contributed by atoms with Gasteiger partial charge in [0, 0.05) is 25.8 Å². The third-order valence-corrected chi connectivity index (χ3v) is 4.27. The number of nitrogens with one attached hydrogen (secondary N) is 1. The summed E-state index contributed by atoms with van der Waals surface area (Å²) in [5, 5.41) is 3.44. The summed E-state index contributed by atoms with van der Waals surface area (Å²) in [6.45, 7) is 3.11. The maximum absolute atomic E-state index is 12.7. The fraction of sp³-hybridized carbons (Fsp3) is 0.667. The SMILES string of the molecule is Cn1cccc1C(=O)N(CC1CCCNC1)C1CC1. The van der Waals surface area contributed by atoms with Crippen molar-refractivity contribution in [1.82, 2.24) is 14.8 Å². The molecule has 4 heteroatoms. The van der Waals surface area contributed by atoms with Crippen molar-refractivity contribution >= 4 is 5.91 Å². The summed E-state index contributed by atoms with van der Waals surface area (Å²) in [6, 6.07) is 4.36. The normalized spacial score (nSPS) is 23.3. The Hall–Kier alpha value is -1.29. The molecule has 0 radical (unpaired) electrons. The Kier molecular flexibility index (Phi) is 3.60. The molecule has 4 nitrogen and oxygen atoms in total. The molecular weight excluding hydrogens is 238 g/mol. The molecule has 3 rings (SSSR count). The summed E-state index contributed by atoms with van der Waals surface area (Å²) in [6.07, 6.45) is 6.78. The molecule has 1 aliphatic heterocycles. The largest absolute Gasteiger partial charge is 0.347 e. The lowest BCUT2D eigenvalue weighted by Gasteiger charge is -2.30. The number of aryl methyl sites for hydroxylation is 1. The second kappa shape index (κ2) is 5.37. The van der Waals surface area contributed by atoms with E-state index in [1.54, 1.807) is 0 Å². The molecule has 0 aromatic carbocycles. The Morgan fingerprint density at radius 2 is 2.32 bits per heavy atom. The highest BCUT2D eigenvalue weighted by atomic mass is 16.2. The molecule has 1 aromatic rings. The first-order chi connectivity index (χ1) is 9.25. The molecule has 1 saturated carbocycles. The molecule has 1 amide bonds. The number of carbonyl (C=O) groups is 1. The standard InChI is InChI=1S/C15H23N3O/c1-17-9-3-5-14(17)15(19)18(13-6-7-13)11-12-4-2-8-16-10-12/h3,5,9,12-13,16H,2,4,6-8,10-11H2,1H3. The summed E-state index contributed by atoms with van der Waals surface area (Å²) in [5.74, 6) is 0.833. The Labute approximate surface area is 114 Å². The lowest BCUT2D eigenvalue weighted by molar-refractivity contribution is 0.0694. The molecule has 0 spiro atoms. The zero-order chi connectivity index (χ0) is 13.2. The number of piperidine rings is 1. The highest BCUT2D eigenvalue weighted by molar-refractivity contribution is 5.93. The number of hydrogen-bond acceptors (Lipinski definition) is 2. The number of aromatic nitrogens is 1. The van der Waals surface area contributed by atoms with Crippen LogP contribution in [0, 0.1) is 5.92 Å². The molecule has 1 N–H and O–H groups in total. The molecule has 1 aromatic heterocycles. The summed E-state index contributed by atoms with van der Waals surface area (Å²) < 4.78 is 1.93. The van der Waals surface area contributed by atoms with Crippen molar-refractivity contribution in [1.29, 1.82) is 0 Å². The maximum Gasteiger partial charge on any atom is 0.270 e. The van der Waals surface area contributed by atoms with Gasteiger partial charge in [-0.25, -0.2) is 0 Å². The summed E-state index contributed by atoms with van der Waals surface area (Å²) in [7, 11) is 1.94. The highest BCUT2D eigenvalue weighted by Gasteiger charge is 2.35. The minimum absolute atomic E-state index is 0.209. The Bertz CT molecular complexity index is 444. The van der Waals surface area contributed by atoms with E-state index in [2.05, 4.69) is 10.2 Å². The van der Waals surface area contributed by atoms with Crippen LogP contribution >= 0.6 is 0 Å². The van der Waals surface area contributed by atoms with Crippen LogP contribution in [0.15, 0.2) is 18.3 Å². The van der Waals surface area contributed by atoms with Gasteiger partial charge >= 0.3 is 0 Å². The van der Waals surface area contributed by atoms with Crippen molar-refractivity contribution in [2.45, 2.75) is 31.7 Å². The van der Waals surface area contributed by atoms with Gasteiger partial charge in [0.05, 0.1) is 0 Å². The van der Waals surface area contributed by atoms with Crippen LogP contribution in [0.3, 0.4) is 0 Å². The van der Waals surface area contributed by atoms with Crippen LogP contribution in [-0.2, 0) is 7.05 Å². The zero-order valence-corrected chi connectivity index (χ0v) is 11.6. The van der Waals surface area contributed by atoms with E-state index in [1.165, 1.54) is 25.7 Å². The average Bonchev–Trinajstić information content (AvgIpc) is 3.18. The number of rotatable bonds is 4. The van der Waals surface area contributed by atoms with Crippen molar-refractivity contribution < 1.29 is 4.79 Å². The number of hydrogen-bond donors (Lipinski definition) is 1. The summed E-state index contributed by atoms with van der Waals surface area (Å²) in [5.41, 5.74) is 0.815. The number of carbonyl (C=O) groups excluding carboxylic acids is 1. The van der Waals surface area contributed by atoms with Crippen LogP contribution in [0.1, 0.15) is 36.2 Å². The van der Waals surface area contributed by atoms with Crippen LogP contribution in [0.2, 0.25) is 0 Å². The van der Waals surface area contributed by atoms with E-state index in [9.17, 15) is 4.79 Å². The summed E-state index contributed by atoms with van der Waals surface area (Å²) in [4.78, 5) is 14.8. The Morgan fingerprint density at radius 1 is 1.47 bits per heavy atom. The Morgan fingerprint density at radius 3 is 2.89 bits per heavy atom. The average molecular weight is 261 g/mol. The summed E-state index contributed by atoms with van der Waals surface area (Å²) >= 11 is 0. The molecule has 2 aliphatic rings. The van der Waals surface area contributed by atoms with Gasteiger partial charge in [0.1, 0.15) is 5.69 Å². The first kappa shape index (κ1) is 12.7. The van der Waals surface area contributed by atoms with Crippen molar-refractivity contribution in [3.05, 3.63) is 24.0 Å². The first-order valence-electron chi connectivity index (χ1n) is 7.38. The van der Waals surface area contributed by atoms with Gasteiger partial charge in [0.25, 0.3) is 5.91 Å². The van der Waals surface area contributed by atoms with E-state index >= 15 is 0 Å². The highest BCUT2D eigenvalue weighted by Crippen LogP contribution is 2.30. The molecule has 0 bridgehead atoms. The Balaban J connectivity index is 1.70. The van der Waals surface area contributed by atoms with Crippen molar-refractivity contribution in [3.8, 4) is 0 Å². The fourth-order valence-corrected chi connectivity index (χ4v) is 2.97. The van der Waals surface area contributed by atoms with Gasteiger partial charge in [0.15, 0.2) is 0 Å². The maximum atomic E-state index is 12.7. The number of nitrogens with zero attached hydrogens (tertiary/aromatic N) is 2. The monoisotopic (exact) mass is 261 g/mol. The van der Waals surface area contributed by atoms with E-state index in [4.69, 9.17) is 0 Å². The van der Waals surface area contributed by atoms with Crippen LogP contribution in [0.5, 0.6) is 0 Å². The lowest BCUT2D eigenvalue weighted by atomic mass is 9.99. The molecule has 1 saturated heterocycles. The lowest BCUT2D eigenvalue weighted by Crippen LogP contribution is -2.42. The van der Waals surface area contributed by atoms with E-state index < -0.39 is 0 Å². The second-order valence-electron chi connectivity index (χ2n) is 5.91. The van der Waals surface area contributed by atoms with Crippen molar-refractivity contribution in [2.75, 3.05) is 19.6 Å². The topological polar surface area (TPSA) is 37.3 Å². The van der Waals surface area contributed by atoms with Crippen LogP contribution < -0.4 is 5.32 Å².